The molecular weight excluding hydrogens is 482 g/mol. The number of carbonyl (C=O) groups excluding carboxylic acids is 2. The van der Waals surface area contributed by atoms with Crippen LogP contribution in [-0.2, 0) is 14.4 Å². The van der Waals surface area contributed by atoms with Crippen LogP contribution in [0.15, 0.2) is 28.0 Å². The topological polar surface area (TPSA) is 184 Å². The van der Waals surface area contributed by atoms with Crippen LogP contribution >= 0.6 is 34.3 Å². The zero-order chi connectivity index (χ0) is 23.0. The Morgan fingerprint density at radius 3 is 2.78 bits per heavy atom. The van der Waals surface area contributed by atoms with Gasteiger partial charge in [-0.3, -0.25) is 14.5 Å². The lowest BCUT2D eigenvalue weighted by molar-refractivity contribution is -0.155. The van der Waals surface area contributed by atoms with Crippen molar-refractivity contribution in [1.29, 1.82) is 0 Å². The van der Waals surface area contributed by atoms with E-state index in [1.54, 1.807) is 17.7 Å². The van der Waals surface area contributed by atoms with Crippen LogP contribution in [0.5, 0.6) is 0 Å². The number of halogens is 1. The third kappa shape index (κ3) is 3.83. The fourth-order valence-electron chi connectivity index (χ4n) is 3.55. The number of amides is 2. The molecule has 12 nitrogen and oxygen atoms in total. The molecule has 2 atom stereocenters. The van der Waals surface area contributed by atoms with Crippen molar-refractivity contribution in [3.05, 3.63) is 37.9 Å². The first-order chi connectivity index (χ1) is 15.3. The molecule has 32 heavy (non-hydrogen) atoms. The quantitative estimate of drug-likeness (QED) is 0.196. The highest BCUT2D eigenvalue weighted by atomic mass is 35.5. The highest BCUT2D eigenvalue weighted by Gasteiger charge is 2.53. The minimum absolute atomic E-state index is 0.0487. The number of carbonyl (C=O) groups is 3. The van der Waals surface area contributed by atoms with E-state index in [1.165, 1.54) is 11.3 Å². The standard InChI is InChI=1S/C17H14ClN7O5S2/c18-13-10(22-17(19)32-13)11(24-30)14(26)21-9-7-3-1-6(2-4-8-23-20-5-31-8)12(16(28)29)25(7)15(9)27/h2,4-5,7,9,30H,1,3H2,(H2,19,22)(H,21,26)(H,28,29)/t7-,9+/m1/s1. The van der Waals surface area contributed by atoms with E-state index in [1.807, 2.05) is 0 Å². The van der Waals surface area contributed by atoms with E-state index in [0.29, 0.717) is 23.4 Å². The van der Waals surface area contributed by atoms with Gasteiger partial charge in [0.15, 0.2) is 10.8 Å². The average molecular weight is 496 g/mol. The normalized spacial score (nSPS) is 21.0. The first-order valence-corrected chi connectivity index (χ1v) is 11.1. The number of aromatic nitrogens is 3. The van der Waals surface area contributed by atoms with Crippen LogP contribution in [-0.4, -0.2) is 66.0 Å². The third-order valence-electron chi connectivity index (χ3n) is 4.91. The molecule has 2 aliphatic rings. The van der Waals surface area contributed by atoms with E-state index < -0.39 is 35.6 Å². The highest BCUT2D eigenvalue weighted by molar-refractivity contribution is 7.19. The van der Waals surface area contributed by atoms with Crippen molar-refractivity contribution in [2.45, 2.75) is 24.9 Å². The van der Waals surface area contributed by atoms with E-state index >= 15 is 0 Å². The van der Waals surface area contributed by atoms with Gasteiger partial charge in [-0.1, -0.05) is 34.2 Å². The van der Waals surface area contributed by atoms with Crippen LogP contribution in [0.1, 0.15) is 23.5 Å². The Balaban J connectivity index is 1.53. The molecule has 2 aromatic rings. The van der Waals surface area contributed by atoms with Gasteiger partial charge in [0.1, 0.15) is 32.3 Å². The summed E-state index contributed by atoms with van der Waals surface area (Å²) in [6, 6.07) is -1.55. The molecule has 15 heteroatoms. The fourth-order valence-corrected chi connectivity index (χ4v) is 4.92. The SMILES string of the molecule is Nc1nc(C(=NO)C(=O)N[C@@H]2C(=O)N3C(C(=O)O)=C(C=Cc4nncs4)CC[C@H]23)c(Cl)s1. The van der Waals surface area contributed by atoms with Crippen LogP contribution in [0.25, 0.3) is 6.08 Å². The molecule has 2 aliphatic heterocycles. The number of thiazole rings is 1. The molecule has 0 spiro atoms. The van der Waals surface area contributed by atoms with E-state index in [9.17, 15) is 24.7 Å². The number of hydrogen-bond donors (Lipinski definition) is 4. The summed E-state index contributed by atoms with van der Waals surface area (Å²) >= 11 is 8.15. The van der Waals surface area contributed by atoms with Crippen molar-refractivity contribution in [3.8, 4) is 0 Å². The largest absolute Gasteiger partial charge is 0.477 e. The number of oxime groups is 1. The number of hydrogen-bond acceptors (Lipinski definition) is 11. The van der Waals surface area contributed by atoms with Gasteiger partial charge in [-0.05, 0) is 24.5 Å². The molecule has 5 N–H and O–H groups in total. The van der Waals surface area contributed by atoms with Crippen LogP contribution in [0, 0.1) is 0 Å². The Morgan fingerprint density at radius 1 is 1.41 bits per heavy atom. The Kier molecular flexibility index (Phi) is 5.90. The van der Waals surface area contributed by atoms with E-state index in [2.05, 4.69) is 25.7 Å². The lowest BCUT2D eigenvalue weighted by Gasteiger charge is -2.50. The number of carboxylic acids is 1. The number of fused-ring (bicyclic) bond motifs is 1. The predicted molar refractivity (Wildman–Crippen MR) is 115 cm³/mol. The summed E-state index contributed by atoms with van der Waals surface area (Å²) in [5.41, 5.74) is 6.80. The number of aliphatic carboxylic acids is 1. The predicted octanol–water partition coefficient (Wildman–Crippen LogP) is 0.950. The lowest BCUT2D eigenvalue weighted by Crippen LogP contribution is -2.72. The number of nitrogen functional groups attached to an aromatic ring is 1. The second kappa shape index (κ2) is 8.64. The molecule has 4 heterocycles. The summed E-state index contributed by atoms with van der Waals surface area (Å²) < 4.78 is 0.0487. The Bertz CT molecular complexity index is 1190. The van der Waals surface area contributed by atoms with Crippen molar-refractivity contribution in [1.82, 2.24) is 25.4 Å². The number of nitrogens with zero attached hydrogens (tertiary/aromatic N) is 5. The Hall–Kier alpha value is -3.36. The Morgan fingerprint density at radius 2 is 2.19 bits per heavy atom. The number of carboxylic acid groups (broad SMARTS) is 1. The number of allylic oxidation sites excluding steroid dienone is 2. The molecule has 0 aromatic carbocycles. The van der Waals surface area contributed by atoms with Gasteiger partial charge in [0.25, 0.3) is 11.8 Å². The smallest absolute Gasteiger partial charge is 0.352 e. The monoisotopic (exact) mass is 495 g/mol. The summed E-state index contributed by atoms with van der Waals surface area (Å²) in [5.74, 6) is -2.74. The molecule has 4 rings (SSSR count). The highest BCUT2D eigenvalue weighted by Crippen LogP contribution is 2.37. The first kappa shape index (κ1) is 21.9. The van der Waals surface area contributed by atoms with Gasteiger partial charge in [0.2, 0.25) is 0 Å². The number of nitrogens with one attached hydrogen (secondary N) is 1. The maximum Gasteiger partial charge on any atom is 0.352 e. The minimum atomic E-state index is -1.26. The maximum absolute atomic E-state index is 12.8. The van der Waals surface area contributed by atoms with Crippen LogP contribution in [0.3, 0.4) is 0 Å². The third-order valence-corrected chi connectivity index (χ3v) is 6.65. The number of β-lactam (4-membered cyclic amide) rings is 1. The molecule has 0 aliphatic carbocycles. The van der Waals surface area contributed by atoms with Gasteiger partial charge < -0.3 is 21.4 Å². The molecule has 0 radical (unpaired) electrons. The van der Waals surface area contributed by atoms with Crippen LogP contribution < -0.4 is 11.1 Å². The molecular formula is C17H14ClN7O5S2. The van der Waals surface area contributed by atoms with Gasteiger partial charge in [0.05, 0.1) is 6.04 Å². The van der Waals surface area contributed by atoms with Crippen molar-refractivity contribution >= 4 is 69.0 Å². The molecule has 1 fully saturated rings. The van der Waals surface area contributed by atoms with Crippen LogP contribution in [0.4, 0.5) is 5.13 Å². The molecule has 0 bridgehead atoms. The van der Waals surface area contributed by atoms with E-state index in [0.717, 1.165) is 16.2 Å². The average Bonchev–Trinajstić information content (AvgIpc) is 3.39. The van der Waals surface area contributed by atoms with Crippen molar-refractivity contribution in [3.63, 3.8) is 0 Å². The first-order valence-electron chi connectivity index (χ1n) is 9.00. The second-order valence-corrected chi connectivity index (χ2v) is 9.18. The molecule has 1 saturated heterocycles. The van der Waals surface area contributed by atoms with Gasteiger partial charge in [-0.2, -0.15) is 0 Å². The Labute approximate surface area is 192 Å². The molecule has 0 saturated carbocycles. The zero-order valence-electron chi connectivity index (χ0n) is 15.9. The second-order valence-electron chi connectivity index (χ2n) is 6.68. The maximum atomic E-state index is 12.8. The molecule has 0 unspecified atom stereocenters. The van der Waals surface area contributed by atoms with Crippen molar-refractivity contribution in [2.75, 3.05) is 5.73 Å². The number of anilines is 1. The number of rotatable bonds is 6. The summed E-state index contributed by atoms with van der Waals surface area (Å²) in [6.45, 7) is 0. The van der Waals surface area contributed by atoms with Gasteiger partial charge in [-0.15, -0.1) is 21.5 Å². The summed E-state index contributed by atoms with van der Waals surface area (Å²) in [5, 5.41) is 32.6. The molecule has 2 aromatic heterocycles. The minimum Gasteiger partial charge on any atom is -0.477 e. The van der Waals surface area contributed by atoms with Crippen molar-refractivity contribution in [2.24, 2.45) is 5.16 Å². The summed E-state index contributed by atoms with van der Waals surface area (Å²) in [6.07, 6.45) is 4.02. The lowest BCUT2D eigenvalue weighted by atomic mass is 9.83. The van der Waals surface area contributed by atoms with Gasteiger partial charge in [0, 0.05) is 0 Å². The van der Waals surface area contributed by atoms with Crippen molar-refractivity contribution < 1.29 is 24.7 Å². The van der Waals surface area contributed by atoms with Gasteiger partial charge >= 0.3 is 5.97 Å². The number of nitrogens with two attached hydrogens (primary N) is 1. The van der Waals surface area contributed by atoms with Gasteiger partial charge in [-0.25, -0.2) is 9.78 Å². The van der Waals surface area contributed by atoms with E-state index in [4.69, 9.17) is 17.3 Å². The van der Waals surface area contributed by atoms with E-state index in [-0.39, 0.29) is 20.9 Å². The summed E-state index contributed by atoms with van der Waals surface area (Å²) in [4.78, 5) is 42.3. The zero-order valence-corrected chi connectivity index (χ0v) is 18.3. The molecule has 166 valence electrons. The molecule has 2 amide bonds. The fraction of sp³-hybridized carbons (Fsp3) is 0.235. The van der Waals surface area contributed by atoms with Crippen LogP contribution in [0.2, 0.25) is 4.34 Å². The summed E-state index contributed by atoms with van der Waals surface area (Å²) in [7, 11) is 0.